The van der Waals surface area contributed by atoms with E-state index in [1.807, 2.05) is 18.2 Å². The Hall–Kier alpha value is -2.80. The third-order valence-corrected chi connectivity index (χ3v) is 3.95. The molecule has 0 unspecified atom stereocenters. The summed E-state index contributed by atoms with van der Waals surface area (Å²) >= 11 is 0. The molecule has 1 heteroatoms. The SMILES string of the molecule is c1ccc(COc2c3ccccc3cc3ccccc23)cc1. The van der Waals surface area contributed by atoms with Crippen molar-refractivity contribution in [3.8, 4) is 5.75 Å². The normalized spacial score (nSPS) is 10.9. The third kappa shape index (κ3) is 2.31. The predicted molar refractivity (Wildman–Crippen MR) is 92.2 cm³/mol. The largest absolute Gasteiger partial charge is 0.488 e. The van der Waals surface area contributed by atoms with Gasteiger partial charge in [-0.25, -0.2) is 0 Å². The van der Waals surface area contributed by atoms with Crippen molar-refractivity contribution >= 4 is 21.5 Å². The van der Waals surface area contributed by atoms with Gasteiger partial charge in [-0.1, -0.05) is 78.9 Å². The van der Waals surface area contributed by atoms with E-state index in [-0.39, 0.29) is 0 Å². The van der Waals surface area contributed by atoms with Crippen molar-refractivity contribution in [3.63, 3.8) is 0 Å². The minimum Gasteiger partial charge on any atom is -0.488 e. The van der Waals surface area contributed by atoms with Crippen LogP contribution in [0.5, 0.6) is 5.75 Å². The van der Waals surface area contributed by atoms with Crippen LogP contribution >= 0.6 is 0 Å². The minimum atomic E-state index is 0.582. The summed E-state index contributed by atoms with van der Waals surface area (Å²) < 4.78 is 6.22. The van der Waals surface area contributed by atoms with Crippen molar-refractivity contribution in [1.82, 2.24) is 0 Å². The molecule has 0 bridgehead atoms. The maximum atomic E-state index is 6.22. The summed E-state index contributed by atoms with van der Waals surface area (Å²) in [5.41, 5.74) is 1.18. The van der Waals surface area contributed by atoms with Gasteiger partial charge in [-0.15, -0.1) is 0 Å². The van der Waals surface area contributed by atoms with E-state index in [0.717, 1.165) is 16.5 Å². The monoisotopic (exact) mass is 284 g/mol. The second kappa shape index (κ2) is 5.53. The van der Waals surface area contributed by atoms with Crippen LogP contribution in [0.2, 0.25) is 0 Å². The fraction of sp³-hybridized carbons (Fsp3) is 0.0476. The molecule has 0 amide bonds. The molecule has 0 atom stereocenters. The number of ether oxygens (including phenoxy) is 1. The average molecular weight is 284 g/mol. The number of benzene rings is 4. The summed E-state index contributed by atoms with van der Waals surface area (Å²) in [6.07, 6.45) is 0. The Balaban J connectivity index is 1.85. The van der Waals surface area contributed by atoms with E-state index in [1.54, 1.807) is 0 Å². The summed E-state index contributed by atoms with van der Waals surface area (Å²) in [7, 11) is 0. The zero-order valence-electron chi connectivity index (χ0n) is 12.2. The molecule has 4 aromatic rings. The van der Waals surface area contributed by atoms with E-state index >= 15 is 0 Å². The highest BCUT2D eigenvalue weighted by Gasteiger charge is 2.08. The Morgan fingerprint density at radius 1 is 0.591 bits per heavy atom. The lowest BCUT2D eigenvalue weighted by Gasteiger charge is -2.13. The lowest BCUT2D eigenvalue weighted by Crippen LogP contribution is -1.96. The molecule has 0 aromatic heterocycles. The number of hydrogen-bond donors (Lipinski definition) is 0. The summed E-state index contributed by atoms with van der Waals surface area (Å²) in [4.78, 5) is 0. The highest BCUT2D eigenvalue weighted by molar-refractivity contribution is 6.05. The number of hydrogen-bond acceptors (Lipinski definition) is 1. The van der Waals surface area contributed by atoms with Crippen LogP contribution in [0, 0.1) is 0 Å². The highest BCUT2D eigenvalue weighted by atomic mass is 16.5. The van der Waals surface area contributed by atoms with E-state index in [1.165, 1.54) is 16.3 Å². The third-order valence-electron chi connectivity index (χ3n) is 3.95. The van der Waals surface area contributed by atoms with Crippen LogP contribution < -0.4 is 4.74 Å². The van der Waals surface area contributed by atoms with Crippen molar-refractivity contribution in [3.05, 3.63) is 90.5 Å². The quantitative estimate of drug-likeness (QED) is 0.447. The molecule has 0 aliphatic rings. The average Bonchev–Trinajstić information content (AvgIpc) is 2.59. The number of rotatable bonds is 3. The van der Waals surface area contributed by atoms with Gasteiger partial charge in [0, 0.05) is 10.8 Å². The first-order valence-corrected chi connectivity index (χ1v) is 7.49. The van der Waals surface area contributed by atoms with Crippen molar-refractivity contribution in [1.29, 1.82) is 0 Å². The van der Waals surface area contributed by atoms with Crippen LogP contribution in [0.1, 0.15) is 5.56 Å². The zero-order valence-corrected chi connectivity index (χ0v) is 12.2. The Bertz CT molecular complexity index is 872. The van der Waals surface area contributed by atoms with Crippen molar-refractivity contribution < 1.29 is 4.74 Å². The first-order valence-electron chi connectivity index (χ1n) is 7.49. The maximum Gasteiger partial charge on any atom is 0.135 e. The zero-order chi connectivity index (χ0) is 14.8. The summed E-state index contributed by atoms with van der Waals surface area (Å²) in [6, 6.07) is 29.3. The summed E-state index contributed by atoms with van der Waals surface area (Å²) in [5.74, 6) is 0.970. The lowest BCUT2D eigenvalue weighted by atomic mass is 10.0. The fourth-order valence-corrected chi connectivity index (χ4v) is 2.86. The molecule has 22 heavy (non-hydrogen) atoms. The van der Waals surface area contributed by atoms with Gasteiger partial charge in [0.1, 0.15) is 12.4 Å². The molecule has 4 aromatic carbocycles. The van der Waals surface area contributed by atoms with E-state index in [0.29, 0.717) is 6.61 Å². The molecule has 0 heterocycles. The molecule has 0 N–H and O–H groups in total. The Morgan fingerprint density at radius 2 is 1.14 bits per heavy atom. The second-order valence-corrected chi connectivity index (χ2v) is 5.42. The molecule has 0 aliphatic heterocycles. The number of fused-ring (bicyclic) bond motifs is 2. The Kier molecular flexibility index (Phi) is 3.24. The second-order valence-electron chi connectivity index (χ2n) is 5.42. The maximum absolute atomic E-state index is 6.22. The smallest absolute Gasteiger partial charge is 0.135 e. The van der Waals surface area contributed by atoms with Gasteiger partial charge in [-0.2, -0.15) is 0 Å². The molecule has 0 saturated heterocycles. The van der Waals surface area contributed by atoms with Crippen molar-refractivity contribution in [2.45, 2.75) is 6.61 Å². The lowest BCUT2D eigenvalue weighted by molar-refractivity contribution is 0.314. The van der Waals surface area contributed by atoms with Gasteiger partial charge in [-0.05, 0) is 22.4 Å². The standard InChI is InChI=1S/C21H16O/c1-2-8-16(9-3-1)15-22-21-19-12-6-4-10-17(19)14-18-11-5-7-13-20(18)21/h1-14H,15H2. The van der Waals surface area contributed by atoms with Gasteiger partial charge in [0.25, 0.3) is 0 Å². The van der Waals surface area contributed by atoms with E-state index in [4.69, 9.17) is 4.74 Å². The first kappa shape index (κ1) is 12.9. The van der Waals surface area contributed by atoms with Crippen LogP contribution in [0.25, 0.3) is 21.5 Å². The summed E-state index contributed by atoms with van der Waals surface area (Å²) in [5, 5.41) is 4.75. The first-order chi connectivity index (χ1) is 10.9. The van der Waals surface area contributed by atoms with Crippen LogP contribution in [0.3, 0.4) is 0 Å². The van der Waals surface area contributed by atoms with E-state index in [9.17, 15) is 0 Å². The molecule has 0 aliphatic carbocycles. The minimum absolute atomic E-state index is 0.582. The van der Waals surface area contributed by atoms with E-state index in [2.05, 4.69) is 66.7 Å². The highest BCUT2D eigenvalue weighted by Crippen LogP contribution is 2.35. The molecule has 0 radical (unpaired) electrons. The molecule has 0 spiro atoms. The topological polar surface area (TPSA) is 9.23 Å². The van der Waals surface area contributed by atoms with Gasteiger partial charge in [0.15, 0.2) is 0 Å². The van der Waals surface area contributed by atoms with Crippen LogP contribution in [0.15, 0.2) is 84.9 Å². The fourth-order valence-electron chi connectivity index (χ4n) is 2.86. The van der Waals surface area contributed by atoms with Crippen molar-refractivity contribution in [2.75, 3.05) is 0 Å². The van der Waals surface area contributed by atoms with Gasteiger partial charge < -0.3 is 4.74 Å². The summed E-state index contributed by atoms with van der Waals surface area (Å²) in [6.45, 7) is 0.582. The molecular weight excluding hydrogens is 268 g/mol. The van der Waals surface area contributed by atoms with Crippen molar-refractivity contribution in [2.24, 2.45) is 0 Å². The molecule has 4 rings (SSSR count). The van der Waals surface area contributed by atoms with Crippen LogP contribution in [-0.4, -0.2) is 0 Å². The molecule has 106 valence electrons. The molecule has 1 nitrogen and oxygen atoms in total. The Morgan fingerprint density at radius 3 is 1.77 bits per heavy atom. The molecule has 0 fully saturated rings. The van der Waals surface area contributed by atoms with Crippen LogP contribution in [-0.2, 0) is 6.61 Å². The van der Waals surface area contributed by atoms with Gasteiger partial charge >= 0.3 is 0 Å². The predicted octanol–water partition coefficient (Wildman–Crippen LogP) is 5.57. The van der Waals surface area contributed by atoms with Gasteiger partial charge in [-0.3, -0.25) is 0 Å². The Labute approximate surface area is 129 Å². The van der Waals surface area contributed by atoms with E-state index < -0.39 is 0 Å². The van der Waals surface area contributed by atoms with Gasteiger partial charge in [0.2, 0.25) is 0 Å². The van der Waals surface area contributed by atoms with Gasteiger partial charge in [0.05, 0.1) is 0 Å². The molecule has 0 saturated carbocycles. The van der Waals surface area contributed by atoms with Crippen LogP contribution in [0.4, 0.5) is 0 Å². The molecular formula is C21H16O.